The smallest absolute Gasteiger partial charge is 0.239 e. The number of anilines is 1. The van der Waals surface area contributed by atoms with Gasteiger partial charge in [0.2, 0.25) is 5.91 Å². The first-order chi connectivity index (χ1) is 11.6. The number of aromatic nitrogens is 1. The quantitative estimate of drug-likeness (QED) is 0.722. The van der Waals surface area contributed by atoms with Crippen LogP contribution in [0.1, 0.15) is 5.56 Å². The van der Waals surface area contributed by atoms with Crippen LogP contribution in [0.2, 0.25) is 0 Å². The molecule has 0 radical (unpaired) electrons. The highest BCUT2D eigenvalue weighted by molar-refractivity contribution is 9.10. The number of carbonyl (C=O) groups is 1. The van der Waals surface area contributed by atoms with Crippen molar-refractivity contribution < 1.29 is 4.79 Å². The minimum atomic E-state index is -0.0758. The molecule has 0 saturated heterocycles. The zero-order chi connectivity index (χ0) is 16.9. The summed E-state index contributed by atoms with van der Waals surface area (Å²) in [4.78, 5) is 18.2. The molecule has 0 aliphatic rings. The van der Waals surface area contributed by atoms with Crippen molar-refractivity contribution in [3.8, 4) is 0 Å². The summed E-state index contributed by atoms with van der Waals surface area (Å²) < 4.78 is 0.883. The average molecular weight is 384 g/mol. The number of hydrogen-bond donors (Lipinski definition) is 1. The van der Waals surface area contributed by atoms with Gasteiger partial charge in [-0.2, -0.15) is 0 Å². The molecule has 4 nitrogen and oxygen atoms in total. The van der Waals surface area contributed by atoms with Crippen LogP contribution in [0.15, 0.2) is 65.3 Å². The summed E-state index contributed by atoms with van der Waals surface area (Å²) in [5.74, 6) is 0.482. The molecule has 1 amide bonds. The Morgan fingerprint density at radius 1 is 1.12 bits per heavy atom. The Hall–Kier alpha value is -2.24. The number of pyridine rings is 1. The number of amides is 1. The van der Waals surface area contributed by atoms with E-state index >= 15 is 0 Å². The normalized spacial score (nSPS) is 11.0. The Kier molecular flexibility index (Phi) is 5.23. The summed E-state index contributed by atoms with van der Waals surface area (Å²) in [5.41, 5.74) is 1.19. The van der Waals surface area contributed by atoms with E-state index in [0.29, 0.717) is 18.9 Å². The van der Waals surface area contributed by atoms with E-state index in [2.05, 4.69) is 56.6 Å². The molecule has 0 aliphatic carbocycles. The Morgan fingerprint density at radius 2 is 1.92 bits per heavy atom. The molecule has 0 bridgehead atoms. The number of fused-ring (bicyclic) bond motifs is 1. The highest BCUT2D eigenvalue weighted by Gasteiger charge is 2.08. The maximum absolute atomic E-state index is 12.1. The number of benzene rings is 2. The van der Waals surface area contributed by atoms with Gasteiger partial charge in [0.1, 0.15) is 5.82 Å². The van der Waals surface area contributed by atoms with Crippen molar-refractivity contribution >= 4 is 38.4 Å². The maximum atomic E-state index is 12.1. The van der Waals surface area contributed by atoms with Crippen LogP contribution in [-0.4, -0.2) is 29.4 Å². The second kappa shape index (κ2) is 7.55. The third-order valence-electron chi connectivity index (χ3n) is 3.67. The molecule has 3 aromatic rings. The van der Waals surface area contributed by atoms with E-state index in [1.165, 1.54) is 16.3 Å². The van der Waals surface area contributed by atoms with Crippen LogP contribution in [0.25, 0.3) is 10.8 Å². The van der Waals surface area contributed by atoms with Gasteiger partial charge >= 0.3 is 0 Å². The summed E-state index contributed by atoms with van der Waals surface area (Å²) in [6.07, 6.45) is 1.66. The van der Waals surface area contributed by atoms with Crippen molar-refractivity contribution in [1.82, 2.24) is 9.88 Å². The van der Waals surface area contributed by atoms with Crippen molar-refractivity contribution in [3.05, 3.63) is 70.8 Å². The van der Waals surface area contributed by atoms with E-state index in [1.54, 1.807) is 12.3 Å². The second-order valence-electron chi connectivity index (χ2n) is 5.76. The fourth-order valence-electron chi connectivity index (χ4n) is 2.58. The highest BCUT2D eigenvalue weighted by Crippen LogP contribution is 2.16. The second-order valence-corrected chi connectivity index (χ2v) is 6.68. The topological polar surface area (TPSA) is 45.2 Å². The number of likely N-dealkylation sites (N-methyl/N-ethyl adjacent to an activating group) is 1. The van der Waals surface area contributed by atoms with Crippen molar-refractivity contribution in [2.45, 2.75) is 6.54 Å². The van der Waals surface area contributed by atoms with Gasteiger partial charge in [-0.1, -0.05) is 36.4 Å². The monoisotopic (exact) mass is 383 g/mol. The number of halogens is 1. The minimum Gasteiger partial charge on any atom is -0.310 e. The molecule has 1 aromatic heterocycles. The molecular weight excluding hydrogens is 366 g/mol. The lowest BCUT2D eigenvalue weighted by molar-refractivity contribution is -0.117. The first-order valence-corrected chi connectivity index (χ1v) is 8.47. The van der Waals surface area contributed by atoms with Crippen LogP contribution < -0.4 is 5.32 Å². The van der Waals surface area contributed by atoms with E-state index in [1.807, 2.05) is 30.1 Å². The van der Waals surface area contributed by atoms with E-state index < -0.39 is 0 Å². The van der Waals surface area contributed by atoms with Gasteiger partial charge in [-0.05, 0) is 57.5 Å². The molecule has 0 saturated carbocycles. The van der Waals surface area contributed by atoms with Crippen LogP contribution in [0.3, 0.4) is 0 Å². The van der Waals surface area contributed by atoms with Crippen LogP contribution in [0, 0.1) is 0 Å². The first-order valence-electron chi connectivity index (χ1n) is 7.68. The molecule has 2 aromatic carbocycles. The van der Waals surface area contributed by atoms with Crippen LogP contribution in [-0.2, 0) is 11.3 Å². The molecule has 5 heteroatoms. The summed E-state index contributed by atoms with van der Waals surface area (Å²) in [6.45, 7) is 1.02. The lowest BCUT2D eigenvalue weighted by atomic mass is 10.1. The SMILES string of the molecule is CN(CC(=O)Nc1ccc(Br)cn1)Cc1ccc2ccccc2c1. The van der Waals surface area contributed by atoms with E-state index in [-0.39, 0.29) is 5.91 Å². The highest BCUT2D eigenvalue weighted by atomic mass is 79.9. The summed E-state index contributed by atoms with van der Waals surface area (Å²) in [5, 5.41) is 5.24. The number of carbonyl (C=O) groups excluding carboxylic acids is 1. The number of nitrogens with zero attached hydrogens (tertiary/aromatic N) is 2. The molecular formula is C19H18BrN3O. The van der Waals surface area contributed by atoms with Gasteiger partial charge in [-0.15, -0.1) is 0 Å². The van der Waals surface area contributed by atoms with Gasteiger partial charge < -0.3 is 5.32 Å². The number of nitrogens with one attached hydrogen (secondary N) is 1. The summed E-state index contributed by atoms with van der Waals surface area (Å²) in [7, 11) is 1.93. The van der Waals surface area contributed by atoms with E-state index in [9.17, 15) is 4.79 Å². The molecule has 122 valence electrons. The molecule has 1 N–H and O–H groups in total. The van der Waals surface area contributed by atoms with Crippen molar-refractivity contribution in [2.75, 3.05) is 18.9 Å². The third kappa shape index (κ3) is 4.40. The molecule has 24 heavy (non-hydrogen) atoms. The Morgan fingerprint density at radius 3 is 2.67 bits per heavy atom. The van der Waals surface area contributed by atoms with Gasteiger partial charge in [0.15, 0.2) is 0 Å². The minimum absolute atomic E-state index is 0.0758. The summed E-state index contributed by atoms with van der Waals surface area (Å²) in [6, 6.07) is 18.3. The number of hydrogen-bond acceptors (Lipinski definition) is 3. The summed E-state index contributed by atoms with van der Waals surface area (Å²) >= 11 is 3.32. The van der Waals surface area contributed by atoms with Gasteiger partial charge in [-0.25, -0.2) is 4.98 Å². The van der Waals surface area contributed by atoms with Crippen molar-refractivity contribution in [2.24, 2.45) is 0 Å². The predicted octanol–water partition coefficient (Wildman–Crippen LogP) is 4.07. The molecule has 0 atom stereocenters. The standard InChI is InChI=1S/C19H18BrN3O/c1-23(13-19(24)22-18-9-8-17(20)11-21-18)12-14-6-7-15-4-2-3-5-16(15)10-14/h2-11H,12-13H2,1H3,(H,21,22,24). The zero-order valence-corrected chi connectivity index (χ0v) is 15.0. The number of rotatable bonds is 5. The maximum Gasteiger partial charge on any atom is 0.239 e. The third-order valence-corrected chi connectivity index (χ3v) is 4.14. The zero-order valence-electron chi connectivity index (χ0n) is 13.4. The first kappa shape index (κ1) is 16.6. The average Bonchev–Trinajstić information content (AvgIpc) is 2.56. The molecule has 0 fully saturated rings. The van der Waals surface area contributed by atoms with Gasteiger partial charge in [0.05, 0.1) is 6.54 Å². The van der Waals surface area contributed by atoms with Gasteiger partial charge in [0, 0.05) is 17.2 Å². The van der Waals surface area contributed by atoms with Crippen LogP contribution in [0.5, 0.6) is 0 Å². The van der Waals surface area contributed by atoms with Gasteiger partial charge in [-0.3, -0.25) is 9.69 Å². The van der Waals surface area contributed by atoms with Crippen LogP contribution >= 0.6 is 15.9 Å². The Balaban J connectivity index is 1.58. The lowest BCUT2D eigenvalue weighted by Crippen LogP contribution is -2.30. The fourth-order valence-corrected chi connectivity index (χ4v) is 2.82. The Bertz CT molecular complexity index is 849. The predicted molar refractivity (Wildman–Crippen MR) is 101 cm³/mol. The van der Waals surface area contributed by atoms with E-state index in [0.717, 1.165) is 4.47 Å². The van der Waals surface area contributed by atoms with Crippen molar-refractivity contribution in [3.63, 3.8) is 0 Å². The largest absolute Gasteiger partial charge is 0.310 e. The van der Waals surface area contributed by atoms with Crippen LogP contribution in [0.4, 0.5) is 5.82 Å². The Labute approximate surface area is 149 Å². The van der Waals surface area contributed by atoms with Crippen molar-refractivity contribution in [1.29, 1.82) is 0 Å². The molecule has 0 aliphatic heterocycles. The fraction of sp³-hybridized carbons (Fsp3) is 0.158. The lowest BCUT2D eigenvalue weighted by Gasteiger charge is -2.16. The molecule has 3 rings (SSSR count). The van der Waals surface area contributed by atoms with E-state index in [4.69, 9.17) is 0 Å². The molecule has 0 unspecified atom stereocenters. The van der Waals surface area contributed by atoms with Gasteiger partial charge in [0.25, 0.3) is 0 Å². The molecule has 1 heterocycles. The molecule has 0 spiro atoms.